The molecule has 6 heteroatoms. The van der Waals surface area contributed by atoms with Gasteiger partial charge in [0, 0.05) is 44.8 Å². The molecule has 1 fully saturated rings. The Labute approximate surface area is 130 Å². The number of nitrogens with zero attached hydrogens (tertiary/aromatic N) is 2. The summed E-state index contributed by atoms with van der Waals surface area (Å²) in [5.74, 6) is -0.832. The number of aryl methyl sites for hydroxylation is 1. The predicted molar refractivity (Wildman–Crippen MR) is 85.2 cm³/mol. The number of hydrogen-bond donors (Lipinski definition) is 2. The minimum atomic E-state index is -0.832. The van der Waals surface area contributed by atoms with Crippen LogP contribution in [0.5, 0.6) is 0 Å². The highest BCUT2D eigenvalue weighted by molar-refractivity contribution is 5.74. The van der Waals surface area contributed by atoms with Crippen LogP contribution in [-0.2, 0) is 4.79 Å². The van der Waals surface area contributed by atoms with Crippen LogP contribution in [0.2, 0.25) is 0 Å². The number of anilines is 1. The molecule has 1 aliphatic heterocycles. The largest absolute Gasteiger partial charge is 0.481 e. The lowest BCUT2D eigenvalue weighted by atomic mass is 10.1. The molecule has 2 N–H and O–H groups in total. The zero-order valence-electron chi connectivity index (χ0n) is 12.9. The molecule has 1 saturated heterocycles. The topological polar surface area (TPSA) is 72.9 Å². The molecule has 2 amide bonds. The Balaban J connectivity index is 1.76. The summed E-state index contributed by atoms with van der Waals surface area (Å²) in [6, 6.07) is 8.16. The first-order valence-electron chi connectivity index (χ1n) is 7.63. The van der Waals surface area contributed by atoms with Crippen molar-refractivity contribution in [2.75, 3.05) is 37.6 Å². The summed E-state index contributed by atoms with van der Waals surface area (Å²) < 4.78 is 0. The second-order valence-corrected chi connectivity index (χ2v) is 5.49. The van der Waals surface area contributed by atoms with Crippen molar-refractivity contribution in [3.8, 4) is 0 Å². The minimum Gasteiger partial charge on any atom is -0.481 e. The number of carboxylic acid groups (broad SMARTS) is 1. The standard InChI is InChI=1S/C16H23N3O3/c1-13-5-2-3-6-14(13)18-9-11-19(12-10-18)16(22)17-8-4-7-15(20)21/h2-3,5-6H,4,7-12H2,1H3,(H,17,22)(H,20,21). The van der Waals surface area contributed by atoms with Crippen molar-refractivity contribution in [1.29, 1.82) is 0 Å². The van der Waals surface area contributed by atoms with Gasteiger partial charge in [0.15, 0.2) is 0 Å². The fourth-order valence-electron chi connectivity index (χ4n) is 2.62. The van der Waals surface area contributed by atoms with Crippen LogP contribution < -0.4 is 10.2 Å². The number of carbonyl (C=O) groups excluding carboxylic acids is 1. The molecule has 6 nitrogen and oxygen atoms in total. The van der Waals surface area contributed by atoms with E-state index in [1.165, 1.54) is 11.3 Å². The van der Waals surface area contributed by atoms with E-state index in [9.17, 15) is 9.59 Å². The number of urea groups is 1. The maximum Gasteiger partial charge on any atom is 0.317 e. The summed E-state index contributed by atoms with van der Waals surface area (Å²) in [5, 5.41) is 11.3. The predicted octanol–water partition coefficient (Wildman–Crippen LogP) is 1.69. The van der Waals surface area contributed by atoms with E-state index in [1.54, 1.807) is 4.90 Å². The van der Waals surface area contributed by atoms with Gasteiger partial charge in [-0.3, -0.25) is 4.79 Å². The zero-order valence-corrected chi connectivity index (χ0v) is 12.9. The fraction of sp³-hybridized carbons (Fsp3) is 0.500. The van der Waals surface area contributed by atoms with Gasteiger partial charge in [0.25, 0.3) is 0 Å². The number of aliphatic carboxylic acids is 1. The molecule has 0 aromatic heterocycles. The molecule has 0 bridgehead atoms. The third kappa shape index (κ3) is 4.38. The molecule has 1 heterocycles. The lowest BCUT2D eigenvalue weighted by Gasteiger charge is -2.36. The molecule has 2 rings (SSSR count). The van der Waals surface area contributed by atoms with Crippen molar-refractivity contribution < 1.29 is 14.7 Å². The molecule has 1 aromatic rings. The van der Waals surface area contributed by atoms with Crippen molar-refractivity contribution >= 4 is 17.7 Å². The molecule has 1 aliphatic rings. The lowest BCUT2D eigenvalue weighted by molar-refractivity contribution is -0.137. The van der Waals surface area contributed by atoms with Crippen LogP contribution in [-0.4, -0.2) is 54.7 Å². The smallest absolute Gasteiger partial charge is 0.317 e. The fourth-order valence-corrected chi connectivity index (χ4v) is 2.62. The lowest BCUT2D eigenvalue weighted by Crippen LogP contribution is -2.52. The Morgan fingerprint density at radius 1 is 1.18 bits per heavy atom. The molecule has 0 saturated carbocycles. The molecule has 0 aliphatic carbocycles. The summed E-state index contributed by atoms with van der Waals surface area (Å²) in [4.78, 5) is 26.5. The van der Waals surface area contributed by atoms with E-state index in [4.69, 9.17) is 5.11 Å². The van der Waals surface area contributed by atoms with E-state index in [0.29, 0.717) is 26.1 Å². The number of para-hydroxylation sites is 1. The maximum atomic E-state index is 12.0. The van der Waals surface area contributed by atoms with Crippen LogP contribution >= 0.6 is 0 Å². The van der Waals surface area contributed by atoms with Crippen molar-refractivity contribution in [3.05, 3.63) is 29.8 Å². The average molecular weight is 305 g/mol. The van der Waals surface area contributed by atoms with E-state index < -0.39 is 5.97 Å². The van der Waals surface area contributed by atoms with Crippen LogP contribution in [0.25, 0.3) is 0 Å². The van der Waals surface area contributed by atoms with Gasteiger partial charge in [0.1, 0.15) is 0 Å². The number of piperazine rings is 1. The number of hydrogen-bond acceptors (Lipinski definition) is 3. The Kier molecular flexibility index (Phi) is 5.63. The molecule has 0 unspecified atom stereocenters. The number of carbonyl (C=O) groups is 2. The van der Waals surface area contributed by atoms with Crippen molar-refractivity contribution in [3.63, 3.8) is 0 Å². The van der Waals surface area contributed by atoms with Crippen molar-refractivity contribution in [2.24, 2.45) is 0 Å². The van der Waals surface area contributed by atoms with E-state index in [-0.39, 0.29) is 12.5 Å². The number of rotatable bonds is 5. The highest BCUT2D eigenvalue weighted by Crippen LogP contribution is 2.20. The first kappa shape index (κ1) is 16.1. The van der Waals surface area contributed by atoms with Crippen LogP contribution in [0.1, 0.15) is 18.4 Å². The van der Waals surface area contributed by atoms with Crippen LogP contribution in [0.15, 0.2) is 24.3 Å². The zero-order chi connectivity index (χ0) is 15.9. The van der Waals surface area contributed by atoms with Gasteiger partial charge >= 0.3 is 12.0 Å². The molecule has 22 heavy (non-hydrogen) atoms. The average Bonchev–Trinajstić information content (AvgIpc) is 2.52. The summed E-state index contributed by atoms with van der Waals surface area (Å²) in [6.45, 7) is 5.49. The first-order valence-corrected chi connectivity index (χ1v) is 7.63. The number of benzene rings is 1. The van der Waals surface area contributed by atoms with Crippen LogP contribution in [0, 0.1) is 6.92 Å². The minimum absolute atomic E-state index is 0.0847. The van der Waals surface area contributed by atoms with E-state index in [0.717, 1.165) is 13.1 Å². The monoisotopic (exact) mass is 305 g/mol. The second-order valence-electron chi connectivity index (χ2n) is 5.49. The summed E-state index contributed by atoms with van der Waals surface area (Å²) in [7, 11) is 0. The summed E-state index contributed by atoms with van der Waals surface area (Å²) in [5.41, 5.74) is 2.47. The van der Waals surface area contributed by atoms with Gasteiger partial charge in [-0.25, -0.2) is 4.79 Å². The van der Waals surface area contributed by atoms with Gasteiger partial charge in [-0.1, -0.05) is 18.2 Å². The third-order valence-electron chi connectivity index (χ3n) is 3.87. The molecule has 0 spiro atoms. The van der Waals surface area contributed by atoms with E-state index in [2.05, 4.69) is 29.3 Å². The molecule has 1 aromatic carbocycles. The van der Waals surface area contributed by atoms with Gasteiger partial charge in [-0.2, -0.15) is 0 Å². The summed E-state index contributed by atoms with van der Waals surface area (Å²) >= 11 is 0. The van der Waals surface area contributed by atoms with Gasteiger partial charge in [0.2, 0.25) is 0 Å². The van der Waals surface area contributed by atoms with Gasteiger partial charge in [-0.05, 0) is 25.0 Å². The van der Waals surface area contributed by atoms with E-state index >= 15 is 0 Å². The van der Waals surface area contributed by atoms with Gasteiger partial charge in [0.05, 0.1) is 0 Å². The molecule has 0 radical (unpaired) electrons. The Bertz CT molecular complexity index is 525. The number of carboxylic acids is 1. The quantitative estimate of drug-likeness (QED) is 0.812. The molecule has 0 atom stereocenters. The Morgan fingerprint density at radius 2 is 1.86 bits per heavy atom. The third-order valence-corrected chi connectivity index (χ3v) is 3.87. The van der Waals surface area contributed by atoms with Crippen LogP contribution in [0.4, 0.5) is 10.5 Å². The Morgan fingerprint density at radius 3 is 2.50 bits per heavy atom. The molecule has 120 valence electrons. The highest BCUT2D eigenvalue weighted by atomic mass is 16.4. The van der Waals surface area contributed by atoms with Gasteiger partial charge < -0.3 is 20.2 Å². The second kappa shape index (κ2) is 7.68. The number of nitrogens with one attached hydrogen (secondary N) is 1. The first-order chi connectivity index (χ1) is 10.6. The van der Waals surface area contributed by atoms with Crippen LogP contribution in [0.3, 0.4) is 0 Å². The highest BCUT2D eigenvalue weighted by Gasteiger charge is 2.21. The van der Waals surface area contributed by atoms with Gasteiger partial charge in [-0.15, -0.1) is 0 Å². The molecular formula is C16H23N3O3. The normalized spacial score (nSPS) is 14.8. The maximum absolute atomic E-state index is 12.0. The van der Waals surface area contributed by atoms with Crippen molar-refractivity contribution in [2.45, 2.75) is 19.8 Å². The van der Waals surface area contributed by atoms with E-state index in [1.807, 2.05) is 12.1 Å². The number of amides is 2. The van der Waals surface area contributed by atoms with Crippen molar-refractivity contribution in [1.82, 2.24) is 10.2 Å². The molecular weight excluding hydrogens is 282 g/mol. The SMILES string of the molecule is Cc1ccccc1N1CCN(C(=O)NCCCC(=O)O)CC1. The Hall–Kier alpha value is -2.24. The summed E-state index contributed by atoms with van der Waals surface area (Å²) in [6.07, 6.45) is 0.547.